The summed E-state index contributed by atoms with van der Waals surface area (Å²) >= 11 is 0. The van der Waals surface area contributed by atoms with E-state index in [2.05, 4.69) is 15.2 Å². The number of carbonyl (C=O) groups is 1. The number of halogens is 2. The van der Waals surface area contributed by atoms with E-state index in [1.807, 2.05) is 17.0 Å². The van der Waals surface area contributed by atoms with Gasteiger partial charge in [-0.15, -0.1) is 24.8 Å². The Balaban J connectivity index is 0.00000110. The van der Waals surface area contributed by atoms with Crippen LogP contribution in [0.3, 0.4) is 0 Å². The van der Waals surface area contributed by atoms with Gasteiger partial charge in [0.05, 0.1) is 5.56 Å². The topological polar surface area (TPSA) is 48.5 Å². The van der Waals surface area contributed by atoms with E-state index in [1.54, 1.807) is 12.4 Å². The van der Waals surface area contributed by atoms with Crippen molar-refractivity contribution in [1.82, 2.24) is 20.1 Å². The van der Waals surface area contributed by atoms with Gasteiger partial charge >= 0.3 is 0 Å². The molecule has 21 heavy (non-hydrogen) atoms. The summed E-state index contributed by atoms with van der Waals surface area (Å²) in [6, 6.07) is 4.31. The Morgan fingerprint density at radius 2 is 2.00 bits per heavy atom. The highest BCUT2D eigenvalue weighted by molar-refractivity contribution is 5.93. The van der Waals surface area contributed by atoms with Gasteiger partial charge in [0.15, 0.2) is 0 Å². The van der Waals surface area contributed by atoms with Crippen LogP contribution in [0.5, 0.6) is 0 Å². The van der Waals surface area contributed by atoms with Gasteiger partial charge in [0.2, 0.25) is 0 Å². The van der Waals surface area contributed by atoms with E-state index >= 15 is 0 Å². The largest absolute Gasteiger partial charge is 0.336 e. The van der Waals surface area contributed by atoms with Crippen LogP contribution in [0.15, 0.2) is 24.5 Å². The van der Waals surface area contributed by atoms with E-state index in [9.17, 15) is 4.79 Å². The average Bonchev–Trinajstić information content (AvgIpc) is 3.02. The second-order valence-corrected chi connectivity index (χ2v) is 5.22. The van der Waals surface area contributed by atoms with Crippen LogP contribution in [0.2, 0.25) is 0 Å². The van der Waals surface area contributed by atoms with E-state index < -0.39 is 0 Å². The lowest BCUT2D eigenvalue weighted by Gasteiger charge is -2.37. The Bertz CT molecular complexity index is 432. The van der Waals surface area contributed by atoms with Crippen molar-refractivity contribution < 1.29 is 4.79 Å². The van der Waals surface area contributed by atoms with Crippen molar-refractivity contribution in [3.63, 3.8) is 0 Å². The molecule has 1 amide bonds. The van der Waals surface area contributed by atoms with Crippen LogP contribution in [0.4, 0.5) is 0 Å². The number of piperazine rings is 1. The summed E-state index contributed by atoms with van der Waals surface area (Å²) in [5.41, 5.74) is 0.693. The molecule has 0 aromatic carbocycles. The fourth-order valence-corrected chi connectivity index (χ4v) is 2.91. The Labute approximate surface area is 137 Å². The quantitative estimate of drug-likeness (QED) is 0.879. The first-order valence-corrected chi connectivity index (χ1v) is 6.98. The zero-order valence-corrected chi connectivity index (χ0v) is 13.5. The lowest BCUT2D eigenvalue weighted by atomic mass is 10.1. The molecular weight excluding hydrogens is 311 g/mol. The van der Waals surface area contributed by atoms with Crippen molar-refractivity contribution in [2.45, 2.75) is 12.5 Å². The molecule has 1 N–H and O–H groups in total. The van der Waals surface area contributed by atoms with Crippen molar-refractivity contribution in [1.29, 1.82) is 0 Å². The van der Waals surface area contributed by atoms with Crippen LogP contribution in [0.1, 0.15) is 16.8 Å². The molecule has 3 heterocycles. The molecule has 1 aromatic heterocycles. The van der Waals surface area contributed by atoms with Gasteiger partial charge in [0.25, 0.3) is 5.91 Å². The smallest absolute Gasteiger partial charge is 0.255 e. The van der Waals surface area contributed by atoms with Gasteiger partial charge in [-0.05, 0) is 25.1 Å². The predicted molar refractivity (Wildman–Crippen MR) is 87.5 cm³/mol. The number of hydrogen-bond donors (Lipinski definition) is 1. The fourth-order valence-electron chi connectivity index (χ4n) is 2.91. The molecule has 0 bridgehead atoms. The van der Waals surface area contributed by atoms with E-state index in [0.29, 0.717) is 11.6 Å². The molecule has 5 nitrogen and oxygen atoms in total. The standard InChI is InChI=1S/C14H20N4O.2ClH/c19-14(12-2-1-4-15-10-12)18-8-6-17(7-9-18)13-3-5-16-11-13;;/h1-2,4,10,13,16H,3,5-9,11H2;2*1H. The molecule has 1 unspecified atom stereocenters. The highest BCUT2D eigenvalue weighted by Crippen LogP contribution is 2.13. The minimum Gasteiger partial charge on any atom is -0.336 e. The molecule has 2 aliphatic rings. The Morgan fingerprint density at radius 1 is 1.24 bits per heavy atom. The van der Waals surface area contributed by atoms with Gasteiger partial charge < -0.3 is 10.2 Å². The van der Waals surface area contributed by atoms with Crippen molar-refractivity contribution in [2.75, 3.05) is 39.3 Å². The molecule has 2 saturated heterocycles. The molecule has 0 saturated carbocycles. The Morgan fingerprint density at radius 3 is 2.57 bits per heavy atom. The monoisotopic (exact) mass is 332 g/mol. The zero-order valence-electron chi connectivity index (χ0n) is 11.9. The van der Waals surface area contributed by atoms with Crippen LogP contribution in [-0.2, 0) is 0 Å². The maximum atomic E-state index is 12.3. The first-order valence-electron chi connectivity index (χ1n) is 6.98. The summed E-state index contributed by atoms with van der Waals surface area (Å²) in [5, 5.41) is 3.40. The highest BCUT2D eigenvalue weighted by atomic mass is 35.5. The number of amides is 1. The van der Waals surface area contributed by atoms with Crippen molar-refractivity contribution in [2.24, 2.45) is 0 Å². The number of rotatable bonds is 2. The van der Waals surface area contributed by atoms with Gasteiger partial charge in [0.1, 0.15) is 0 Å². The molecule has 3 rings (SSSR count). The second kappa shape index (κ2) is 8.54. The third kappa shape index (κ3) is 4.30. The maximum Gasteiger partial charge on any atom is 0.255 e. The third-order valence-corrected chi connectivity index (χ3v) is 4.06. The normalized spacial score (nSPS) is 22.3. The molecular formula is C14H22Cl2N4O. The zero-order chi connectivity index (χ0) is 13.1. The van der Waals surface area contributed by atoms with Gasteiger partial charge in [-0.2, -0.15) is 0 Å². The summed E-state index contributed by atoms with van der Waals surface area (Å²) in [5.74, 6) is 0.109. The molecule has 1 aromatic rings. The summed E-state index contributed by atoms with van der Waals surface area (Å²) in [4.78, 5) is 20.7. The number of nitrogens with zero attached hydrogens (tertiary/aromatic N) is 3. The Kier molecular flexibility index (Phi) is 7.39. The molecule has 1 atom stereocenters. The van der Waals surface area contributed by atoms with Crippen LogP contribution in [0.25, 0.3) is 0 Å². The van der Waals surface area contributed by atoms with Crippen LogP contribution < -0.4 is 5.32 Å². The molecule has 0 radical (unpaired) electrons. The summed E-state index contributed by atoms with van der Waals surface area (Å²) in [6.45, 7) is 5.83. The predicted octanol–water partition coefficient (Wildman–Crippen LogP) is 1.04. The van der Waals surface area contributed by atoms with Gasteiger partial charge in [-0.25, -0.2) is 0 Å². The van der Waals surface area contributed by atoms with Crippen molar-refractivity contribution in [3.8, 4) is 0 Å². The minimum absolute atomic E-state index is 0. The number of aromatic nitrogens is 1. The third-order valence-electron chi connectivity index (χ3n) is 4.06. The number of nitrogens with one attached hydrogen (secondary N) is 1. The molecule has 118 valence electrons. The van der Waals surface area contributed by atoms with Crippen LogP contribution in [-0.4, -0.2) is 66.0 Å². The summed E-state index contributed by atoms with van der Waals surface area (Å²) < 4.78 is 0. The van der Waals surface area contributed by atoms with Crippen LogP contribution in [0, 0.1) is 0 Å². The average molecular weight is 333 g/mol. The first-order chi connectivity index (χ1) is 9.34. The molecule has 0 spiro atoms. The minimum atomic E-state index is 0. The fraction of sp³-hybridized carbons (Fsp3) is 0.571. The van der Waals surface area contributed by atoms with Crippen LogP contribution >= 0.6 is 24.8 Å². The van der Waals surface area contributed by atoms with Crippen molar-refractivity contribution in [3.05, 3.63) is 30.1 Å². The number of pyridine rings is 1. The lowest BCUT2D eigenvalue weighted by molar-refractivity contribution is 0.0583. The summed E-state index contributed by atoms with van der Waals surface area (Å²) in [6.07, 6.45) is 4.58. The molecule has 2 fully saturated rings. The molecule has 7 heteroatoms. The molecule has 0 aliphatic carbocycles. The van der Waals surface area contributed by atoms with E-state index in [0.717, 1.165) is 39.3 Å². The lowest BCUT2D eigenvalue weighted by Crippen LogP contribution is -2.52. The number of carbonyl (C=O) groups excluding carboxylic acids is 1. The SMILES string of the molecule is Cl.Cl.O=C(c1cccnc1)N1CCN(C2CCNC2)CC1. The van der Waals surface area contributed by atoms with Gasteiger partial charge in [-0.3, -0.25) is 14.7 Å². The van der Waals surface area contributed by atoms with Gasteiger partial charge in [0, 0.05) is 51.2 Å². The van der Waals surface area contributed by atoms with E-state index in [-0.39, 0.29) is 30.7 Å². The number of hydrogen-bond acceptors (Lipinski definition) is 4. The second-order valence-electron chi connectivity index (χ2n) is 5.22. The van der Waals surface area contributed by atoms with E-state index in [4.69, 9.17) is 0 Å². The highest BCUT2D eigenvalue weighted by Gasteiger charge is 2.28. The molecule has 2 aliphatic heterocycles. The first kappa shape index (κ1) is 18.2. The van der Waals surface area contributed by atoms with Gasteiger partial charge in [-0.1, -0.05) is 0 Å². The van der Waals surface area contributed by atoms with E-state index in [1.165, 1.54) is 6.42 Å². The van der Waals surface area contributed by atoms with Crippen molar-refractivity contribution >= 4 is 30.7 Å². The Hall–Kier alpha value is -0.880. The maximum absolute atomic E-state index is 12.3. The summed E-state index contributed by atoms with van der Waals surface area (Å²) in [7, 11) is 0.